The Labute approximate surface area is 227 Å². The lowest BCUT2D eigenvalue weighted by atomic mass is 10.1. The number of aliphatic carboxylic acids is 1. The van der Waals surface area contributed by atoms with E-state index in [2.05, 4.69) is 13.8 Å². The monoisotopic (exact) mass is 570 g/mol. The standard InChI is InChI=1S/C27H55O8PS/c1-4-7-9-11-12-13-14-15-17-19-23-37(32,33)24(20-18-16-10-8-5-2)21-22-34-25(6-3)35-27(30,36-31)26(28)29/h24-25,30H,4-23,36H2,1-3H3,(H,28,29). The Morgan fingerprint density at radius 2 is 1.30 bits per heavy atom. The minimum Gasteiger partial charge on any atom is -0.477 e. The van der Waals surface area contributed by atoms with E-state index in [0.717, 1.165) is 51.4 Å². The van der Waals surface area contributed by atoms with Gasteiger partial charge in [-0.2, -0.15) is 0 Å². The van der Waals surface area contributed by atoms with E-state index >= 15 is 0 Å². The van der Waals surface area contributed by atoms with Crippen LogP contribution in [0.15, 0.2) is 0 Å². The highest BCUT2D eigenvalue weighted by molar-refractivity contribution is 7.92. The van der Waals surface area contributed by atoms with E-state index in [4.69, 9.17) is 14.6 Å². The van der Waals surface area contributed by atoms with E-state index in [1.165, 1.54) is 38.5 Å². The van der Waals surface area contributed by atoms with Crippen molar-refractivity contribution in [2.75, 3.05) is 12.4 Å². The highest BCUT2D eigenvalue weighted by Gasteiger charge is 2.39. The van der Waals surface area contributed by atoms with Gasteiger partial charge < -0.3 is 24.3 Å². The van der Waals surface area contributed by atoms with Gasteiger partial charge in [-0.15, -0.1) is 0 Å². The number of rotatable bonds is 27. The minimum absolute atomic E-state index is 0.0548. The second-order valence-corrected chi connectivity index (χ2v) is 13.5. The lowest BCUT2D eigenvalue weighted by molar-refractivity contribution is -0.252. The Morgan fingerprint density at radius 3 is 1.76 bits per heavy atom. The summed E-state index contributed by atoms with van der Waals surface area (Å²) >= 11 is 0. The van der Waals surface area contributed by atoms with Crippen LogP contribution in [-0.4, -0.2) is 54.0 Å². The van der Waals surface area contributed by atoms with Crippen LogP contribution in [0, 0.1) is 0 Å². The molecule has 10 heteroatoms. The minimum atomic E-state index is -3.29. The molecule has 0 saturated carbocycles. The van der Waals surface area contributed by atoms with Gasteiger partial charge in [-0.25, -0.2) is 13.2 Å². The van der Waals surface area contributed by atoms with Crippen molar-refractivity contribution >= 4 is 24.3 Å². The number of hydrogen-bond donors (Lipinski definition) is 2. The Balaban J connectivity index is 4.70. The summed E-state index contributed by atoms with van der Waals surface area (Å²) < 4.78 is 48.1. The van der Waals surface area contributed by atoms with Gasteiger partial charge in [-0.1, -0.05) is 111 Å². The molecule has 0 aromatic heterocycles. The van der Waals surface area contributed by atoms with Gasteiger partial charge in [0.2, 0.25) is 0 Å². The molecule has 37 heavy (non-hydrogen) atoms. The number of sulfone groups is 1. The lowest BCUT2D eigenvalue weighted by Crippen LogP contribution is -2.40. The number of unbranched alkanes of at least 4 members (excludes halogenated alkanes) is 13. The molecule has 2 N–H and O–H groups in total. The van der Waals surface area contributed by atoms with Crippen LogP contribution >= 0.6 is 8.46 Å². The maximum absolute atomic E-state index is 13.2. The van der Waals surface area contributed by atoms with Gasteiger partial charge >= 0.3 is 11.5 Å². The zero-order valence-corrected chi connectivity index (χ0v) is 25.6. The van der Waals surface area contributed by atoms with Crippen molar-refractivity contribution in [3.63, 3.8) is 0 Å². The summed E-state index contributed by atoms with van der Waals surface area (Å²) in [4.78, 5) is 11.2. The molecule has 0 aliphatic heterocycles. The van der Waals surface area contributed by atoms with Gasteiger partial charge in [-0.05, 0) is 25.7 Å². The Kier molecular flexibility index (Phi) is 22.1. The summed E-state index contributed by atoms with van der Waals surface area (Å²) in [6.07, 6.45) is 16.7. The molecule has 0 aliphatic rings. The molecule has 0 rings (SSSR count). The number of carboxylic acid groups (broad SMARTS) is 1. The number of aliphatic hydroxyl groups is 1. The van der Waals surface area contributed by atoms with Gasteiger partial charge in [-0.3, -0.25) is 0 Å². The maximum Gasteiger partial charge on any atom is 0.371 e. The van der Waals surface area contributed by atoms with E-state index in [9.17, 15) is 22.9 Å². The molecule has 4 atom stereocenters. The molecule has 8 nitrogen and oxygen atoms in total. The summed E-state index contributed by atoms with van der Waals surface area (Å²) in [5.74, 6) is -1.56. The second-order valence-electron chi connectivity index (χ2n) is 10.1. The number of carbonyl (C=O) groups is 1. The predicted octanol–water partition coefficient (Wildman–Crippen LogP) is 6.70. The van der Waals surface area contributed by atoms with E-state index < -0.39 is 41.3 Å². The van der Waals surface area contributed by atoms with Crippen molar-refractivity contribution in [1.82, 2.24) is 0 Å². The summed E-state index contributed by atoms with van der Waals surface area (Å²) in [7, 11) is -5.43. The average molecular weight is 571 g/mol. The molecule has 0 saturated heterocycles. The van der Waals surface area contributed by atoms with E-state index in [1.54, 1.807) is 6.92 Å². The van der Waals surface area contributed by atoms with Crippen molar-refractivity contribution in [3.8, 4) is 0 Å². The molecular weight excluding hydrogens is 515 g/mol. The predicted molar refractivity (Wildman–Crippen MR) is 152 cm³/mol. The zero-order chi connectivity index (χ0) is 28.0. The molecule has 0 aromatic rings. The molecule has 0 spiro atoms. The third-order valence-electron chi connectivity index (χ3n) is 6.77. The van der Waals surface area contributed by atoms with Crippen LogP contribution in [0.2, 0.25) is 0 Å². The number of ether oxygens (including phenoxy) is 2. The molecule has 0 radical (unpaired) electrons. The summed E-state index contributed by atoms with van der Waals surface area (Å²) in [6, 6.07) is 0. The molecule has 0 amide bonds. The van der Waals surface area contributed by atoms with Crippen molar-refractivity contribution in [2.24, 2.45) is 0 Å². The lowest BCUT2D eigenvalue weighted by Gasteiger charge is -2.25. The van der Waals surface area contributed by atoms with Crippen LogP contribution in [0.1, 0.15) is 136 Å². The van der Waals surface area contributed by atoms with E-state index in [-0.39, 0.29) is 25.2 Å². The van der Waals surface area contributed by atoms with Crippen molar-refractivity contribution in [3.05, 3.63) is 0 Å². The quantitative estimate of drug-likeness (QED) is 0.0635. The molecule has 0 bridgehead atoms. The molecule has 0 heterocycles. The van der Waals surface area contributed by atoms with Crippen LogP contribution in [0.5, 0.6) is 0 Å². The fraction of sp³-hybridized carbons (Fsp3) is 0.963. The van der Waals surface area contributed by atoms with Crippen molar-refractivity contribution < 1.29 is 37.5 Å². The Hall–Kier alpha value is -0.470. The molecular formula is C27H55O8PS. The van der Waals surface area contributed by atoms with Crippen molar-refractivity contribution in [1.29, 1.82) is 0 Å². The second kappa shape index (κ2) is 22.4. The molecule has 0 aromatic carbocycles. The smallest absolute Gasteiger partial charge is 0.371 e. The number of hydrogen-bond acceptors (Lipinski definition) is 7. The van der Waals surface area contributed by atoms with Crippen LogP contribution < -0.4 is 0 Å². The fourth-order valence-electron chi connectivity index (χ4n) is 4.33. The average Bonchev–Trinajstić information content (AvgIpc) is 2.87. The summed E-state index contributed by atoms with van der Waals surface area (Å²) in [6.45, 7) is 6.09. The first-order valence-corrected chi connectivity index (χ1v) is 17.4. The van der Waals surface area contributed by atoms with Crippen LogP contribution in [0.3, 0.4) is 0 Å². The molecule has 222 valence electrons. The molecule has 0 aliphatic carbocycles. The Morgan fingerprint density at radius 1 is 0.811 bits per heavy atom. The highest BCUT2D eigenvalue weighted by atomic mass is 32.2. The van der Waals surface area contributed by atoms with Gasteiger partial charge in [0, 0.05) is 0 Å². The normalized spacial score (nSPS) is 15.7. The SMILES string of the molecule is CCCCCCCCCCCCS(=O)(=O)C(CCCCCCC)CCOC(CC)OC(O)([PH2]=O)C(=O)O. The Bertz CT molecular complexity index is 688. The van der Waals surface area contributed by atoms with E-state index in [1.807, 2.05) is 0 Å². The van der Waals surface area contributed by atoms with Gasteiger partial charge in [0.15, 0.2) is 16.1 Å². The van der Waals surface area contributed by atoms with E-state index in [0.29, 0.717) is 12.8 Å². The number of carboxylic acids is 1. The molecule has 4 unspecified atom stereocenters. The van der Waals surface area contributed by atoms with Crippen LogP contribution in [0.4, 0.5) is 0 Å². The van der Waals surface area contributed by atoms with Gasteiger partial charge in [0.05, 0.1) is 17.6 Å². The van der Waals surface area contributed by atoms with Gasteiger partial charge in [0.25, 0.3) is 0 Å². The maximum atomic E-state index is 13.2. The van der Waals surface area contributed by atoms with Gasteiger partial charge in [0.1, 0.15) is 8.46 Å². The third-order valence-corrected chi connectivity index (χ3v) is 9.82. The summed E-state index contributed by atoms with van der Waals surface area (Å²) in [5, 5.41) is 18.4. The largest absolute Gasteiger partial charge is 0.477 e. The summed E-state index contributed by atoms with van der Waals surface area (Å²) in [5.41, 5.74) is -2.78. The first-order chi connectivity index (χ1) is 17.7. The molecule has 0 fully saturated rings. The van der Waals surface area contributed by atoms with Crippen molar-refractivity contribution in [2.45, 2.75) is 153 Å². The van der Waals surface area contributed by atoms with Crippen LogP contribution in [0.25, 0.3) is 0 Å². The fourth-order valence-corrected chi connectivity index (χ4v) is 6.56. The topological polar surface area (TPSA) is 127 Å². The third kappa shape index (κ3) is 17.7. The first-order valence-electron chi connectivity index (χ1n) is 14.6. The highest BCUT2D eigenvalue weighted by Crippen LogP contribution is 2.26. The van der Waals surface area contributed by atoms with Crippen LogP contribution in [-0.2, 0) is 28.7 Å². The zero-order valence-electron chi connectivity index (χ0n) is 23.6. The first kappa shape index (κ1) is 36.5.